The highest BCUT2D eigenvalue weighted by Crippen LogP contribution is 2.30. The summed E-state index contributed by atoms with van der Waals surface area (Å²) < 4.78 is 10.5. The van der Waals surface area contributed by atoms with Crippen LogP contribution in [0.3, 0.4) is 0 Å². The van der Waals surface area contributed by atoms with Crippen LogP contribution in [0.2, 0.25) is 0 Å². The number of hydrogen-bond acceptors (Lipinski definition) is 4. The second kappa shape index (κ2) is 7.31. The van der Waals surface area contributed by atoms with Crippen LogP contribution in [0.4, 0.5) is 0 Å². The molecule has 0 unspecified atom stereocenters. The molecule has 0 aliphatic heterocycles. The predicted octanol–water partition coefficient (Wildman–Crippen LogP) is 2.78. The number of nitrogens with one attached hydrogen (secondary N) is 2. The van der Waals surface area contributed by atoms with E-state index < -0.39 is 0 Å². The lowest BCUT2D eigenvalue weighted by Gasteiger charge is -2.11. The maximum Gasteiger partial charge on any atom is 0.253 e. The highest BCUT2D eigenvalue weighted by atomic mass is 16.5. The number of benzene rings is 2. The lowest BCUT2D eigenvalue weighted by molar-refractivity contribution is 0.0950. The van der Waals surface area contributed by atoms with Gasteiger partial charge in [0, 0.05) is 29.1 Å². The Bertz CT molecular complexity index is 1020. The van der Waals surface area contributed by atoms with Crippen LogP contribution >= 0.6 is 0 Å². The van der Waals surface area contributed by atoms with Gasteiger partial charge in [-0.1, -0.05) is 18.2 Å². The van der Waals surface area contributed by atoms with Crippen molar-refractivity contribution in [2.24, 2.45) is 0 Å². The van der Waals surface area contributed by atoms with Crippen molar-refractivity contribution in [3.05, 3.63) is 69.5 Å². The summed E-state index contributed by atoms with van der Waals surface area (Å²) in [4.78, 5) is 27.5. The first kappa shape index (κ1) is 17.5. The van der Waals surface area contributed by atoms with E-state index in [2.05, 4.69) is 10.3 Å². The molecule has 0 radical (unpaired) electrons. The molecule has 0 saturated carbocycles. The van der Waals surface area contributed by atoms with Crippen molar-refractivity contribution in [3.63, 3.8) is 0 Å². The highest BCUT2D eigenvalue weighted by Gasteiger charge is 2.11. The molecule has 0 fully saturated rings. The van der Waals surface area contributed by atoms with E-state index in [1.54, 1.807) is 31.4 Å². The van der Waals surface area contributed by atoms with Crippen LogP contribution < -0.4 is 20.3 Å². The molecular weight excluding hydrogens is 332 g/mol. The first-order valence-corrected chi connectivity index (χ1v) is 8.15. The molecular formula is C20H20N2O4. The van der Waals surface area contributed by atoms with Gasteiger partial charge in [-0.15, -0.1) is 0 Å². The van der Waals surface area contributed by atoms with Crippen LogP contribution in [-0.4, -0.2) is 25.1 Å². The average Bonchev–Trinajstić information content (AvgIpc) is 2.65. The van der Waals surface area contributed by atoms with E-state index in [0.717, 1.165) is 10.9 Å². The number of aromatic nitrogens is 1. The topological polar surface area (TPSA) is 80.4 Å². The second-order valence-electron chi connectivity index (χ2n) is 5.92. The summed E-state index contributed by atoms with van der Waals surface area (Å²) in [5.74, 6) is 0.896. The number of pyridine rings is 1. The molecule has 134 valence electrons. The number of fused-ring (bicyclic) bond motifs is 1. The Kier molecular flexibility index (Phi) is 4.93. The molecule has 6 heteroatoms. The fourth-order valence-electron chi connectivity index (χ4n) is 2.81. The normalized spacial score (nSPS) is 10.6. The van der Waals surface area contributed by atoms with Gasteiger partial charge in [0.2, 0.25) is 0 Å². The Morgan fingerprint density at radius 2 is 1.77 bits per heavy atom. The van der Waals surface area contributed by atoms with Crippen molar-refractivity contribution >= 4 is 16.8 Å². The molecule has 3 aromatic rings. The molecule has 0 aliphatic carbocycles. The van der Waals surface area contributed by atoms with E-state index in [1.807, 2.05) is 25.1 Å². The molecule has 0 spiro atoms. The molecule has 0 aliphatic rings. The van der Waals surface area contributed by atoms with Crippen molar-refractivity contribution in [2.75, 3.05) is 14.2 Å². The Labute approximate surface area is 150 Å². The van der Waals surface area contributed by atoms with E-state index in [0.29, 0.717) is 28.1 Å². The summed E-state index contributed by atoms with van der Waals surface area (Å²) in [7, 11) is 3.09. The zero-order chi connectivity index (χ0) is 18.7. The van der Waals surface area contributed by atoms with Gasteiger partial charge in [-0.05, 0) is 30.7 Å². The smallest absolute Gasteiger partial charge is 0.253 e. The van der Waals surface area contributed by atoms with Crippen LogP contribution in [0.1, 0.15) is 21.5 Å². The summed E-state index contributed by atoms with van der Waals surface area (Å²) in [5.41, 5.74) is 2.33. The van der Waals surface area contributed by atoms with Crippen molar-refractivity contribution in [3.8, 4) is 11.5 Å². The molecule has 1 heterocycles. The number of rotatable bonds is 5. The first-order valence-electron chi connectivity index (χ1n) is 8.15. The minimum absolute atomic E-state index is 0.132. The van der Waals surface area contributed by atoms with Crippen LogP contribution in [-0.2, 0) is 6.54 Å². The van der Waals surface area contributed by atoms with Crippen molar-refractivity contribution < 1.29 is 14.3 Å². The molecule has 6 nitrogen and oxygen atoms in total. The van der Waals surface area contributed by atoms with Crippen LogP contribution in [0.15, 0.2) is 47.3 Å². The fraction of sp³-hybridized carbons (Fsp3) is 0.200. The summed E-state index contributed by atoms with van der Waals surface area (Å²) in [5, 5.41) is 3.59. The molecule has 1 aromatic heterocycles. The second-order valence-corrected chi connectivity index (χ2v) is 5.92. The van der Waals surface area contributed by atoms with Crippen LogP contribution in [0.25, 0.3) is 10.9 Å². The molecule has 0 saturated heterocycles. The van der Waals surface area contributed by atoms with Gasteiger partial charge in [0.25, 0.3) is 11.5 Å². The lowest BCUT2D eigenvalue weighted by Crippen LogP contribution is -2.27. The number of methoxy groups -OCH3 is 2. The summed E-state index contributed by atoms with van der Waals surface area (Å²) in [6, 6.07) is 12.6. The van der Waals surface area contributed by atoms with E-state index in [9.17, 15) is 9.59 Å². The monoisotopic (exact) mass is 352 g/mol. The average molecular weight is 352 g/mol. The number of carbonyl (C=O) groups excluding carboxylic acids is 1. The number of aromatic amines is 1. The van der Waals surface area contributed by atoms with Gasteiger partial charge < -0.3 is 19.8 Å². The third-order valence-corrected chi connectivity index (χ3v) is 4.25. The van der Waals surface area contributed by atoms with Crippen LogP contribution in [0.5, 0.6) is 11.5 Å². The molecule has 0 bridgehead atoms. The number of hydrogen-bond donors (Lipinski definition) is 2. The standard InChI is InChI=1S/C20H20N2O4/c1-12-6-4-5-7-15(12)20(24)21-11-14-8-13-9-17(25-2)18(26-3)10-16(13)22-19(14)23/h4-10H,11H2,1-3H3,(H,21,24)(H,22,23). The van der Waals surface area contributed by atoms with Gasteiger partial charge in [-0.25, -0.2) is 0 Å². The lowest BCUT2D eigenvalue weighted by atomic mass is 10.1. The third kappa shape index (κ3) is 3.39. The molecule has 0 atom stereocenters. The Balaban J connectivity index is 1.88. The zero-order valence-electron chi connectivity index (χ0n) is 14.9. The van der Waals surface area contributed by atoms with Gasteiger partial charge >= 0.3 is 0 Å². The van der Waals surface area contributed by atoms with Crippen LogP contribution in [0, 0.1) is 6.92 Å². The largest absolute Gasteiger partial charge is 0.493 e. The molecule has 3 rings (SSSR count). The minimum atomic E-state index is -0.255. The zero-order valence-corrected chi connectivity index (χ0v) is 14.9. The number of H-pyrrole nitrogens is 1. The van der Waals surface area contributed by atoms with E-state index in [1.165, 1.54) is 7.11 Å². The van der Waals surface area contributed by atoms with Gasteiger partial charge in [-0.3, -0.25) is 9.59 Å². The maximum atomic E-state index is 12.3. The van der Waals surface area contributed by atoms with Gasteiger partial charge in [0.15, 0.2) is 11.5 Å². The van der Waals surface area contributed by atoms with Gasteiger partial charge in [-0.2, -0.15) is 0 Å². The number of aryl methyl sites for hydroxylation is 1. The Hall–Kier alpha value is -3.28. The fourth-order valence-corrected chi connectivity index (χ4v) is 2.81. The number of carbonyl (C=O) groups is 1. The van der Waals surface area contributed by atoms with E-state index >= 15 is 0 Å². The predicted molar refractivity (Wildman–Crippen MR) is 100 cm³/mol. The molecule has 2 N–H and O–H groups in total. The molecule has 1 amide bonds. The number of ether oxygens (including phenoxy) is 2. The SMILES string of the molecule is COc1cc2cc(CNC(=O)c3ccccc3C)c(=O)[nH]c2cc1OC. The van der Waals surface area contributed by atoms with Crippen molar-refractivity contribution in [2.45, 2.75) is 13.5 Å². The summed E-state index contributed by atoms with van der Waals surface area (Å²) >= 11 is 0. The maximum absolute atomic E-state index is 12.3. The Morgan fingerprint density at radius 3 is 2.46 bits per heavy atom. The summed E-state index contributed by atoms with van der Waals surface area (Å²) in [6.45, 7) is 2.00. The Morgan fingerprint density at radius 1 is 1.08 bits per heavy atom. The van der Waals surface area contributed by atoms with Gasteiger partial charge in [0.1, 0.15) is 0 Å². The summed E-state index contributed by atoms with van der Waals surface area (Å²) in [6.07, 6.45) is 0. The first-order chi connectivity index (χ1) is 12.5. The van der Waals surface area contributed by atoms with Crippen molar-refractivity contribution in [1.29, 1.82) is 0 Å². The molecule has 26 heavy (non-hydrogen) atoms. The minimum Gasteiger partial charge on any atom is -0.493 e. The van der Waals surface area contributed by atoms with E-state index in [-0.39, 0.29) is 18.0 Å². The third-order valence-electron chi connectivity index (χ3n) is 4.25. The van der Waals surface area contributed by atoms with Crippen molar-refractivity contribution in [1.82, 2.24) is 10.3 Å². The molecule has 2 aromatic carbocycles. The van der Waals surface area contributed by atoms with E-state index in [4.69, 9.17) is 9.47 Å². The van der Waals surface area contributed by atoms with Gasteiger partial charge in [0.05, 0.1) is 19.7 Å². The highest BCUT2D eigenvalue weighted by molar-refractivity contribution is 5.95. The quantitative estimate of drug-likeness (QED) is 0.740. The number of amides is 1.